The molecule has 37 heavy (non-hydrogen) atoms. The maximum absolute atomic E-state index is 13.6. The molecule has 1 atom stereocenters. The van der Waals surface area contributed by atoms with Crippen LogP contribution in [0.25, 0.3) is 21.8 Å². The second-order valence-corrected chi connectivity index (χ2v) is 8.48. The van der Waals surface area contributed by atoms with Crippen molar-refractivity contribution in [1.82, 2.24) is 25.1 Å². The van der Waals surface area contributed by atoms with E-state index in [2.05, 4.69) is 25.7 Å². The van der Waals surface area contributed by atoms with Gasteiger partial charge < -0.3 is 20.5 Å². The summed E-state index contributed by atoms with van der Waals surface area (Å²) in [5.41, 5.74) is 3.17. The monoisotopic (exact) mass is 500 g/mol. The molecule has 0 fully saturated rings. The van der Waals surface area contributed by atoms with Crippen molar-refractivity contribution in [3.05, 3.63) is 84.6 Å². The van der Waals surface area contributed by atoms with E-state index in [1.54, 1.807) is 31.3 Å². The van der Waals surface area contributed by atoms with Crippen molar-refractivity contribution in [3.63, 3.8) is 0 Å². The van der Waals surface area contributed by atoms with Crippen molar-refractivity contribution in [3.8, 4) is 5.75 Å². The van der Waals surface area contributed by atoms with Crippen LogP contribution in [-0.4, -0.2) is 50.0 Å². The van der Waals surface area contributed by atoms with Gasteiger partial charge in [-0.25, -0.2) is 14.4 Å². The molecule has 188 valence electrons. The molecule has 0 saturated heterocycles. The Labute approximate surface area is 211 Å². The number of benzene rings is 3. The zero-order chi connectivity index (χ0) is 25.8. The van der Waals surface area contributed by atoms with Gasteiger partial charge in [-0.05, 0) is 55.0 Å². The van der Waals surface area contributed by atoms with Crippen molar-refractivity contribution in [2.75, 3.05) is 18.5 Å². The SMILES string of the molecule is C[C@@H](Oc1cccc2ncnc(Nc3ccc4c(cnn4Cc4cccc(F)c4)c3)c12)C(=O)NCCO. The maximum Gasteiger partial charge on any atom is 0.260 e. The summed E-state index contributed by atoms with van der Waals surface area (Å²) >= 11 is 0. The van der Waals surface area contributed by atoms with Crippen molar-refractivity contribution < 1.29 is 19.0 Å². The molecule has 1 amide bonds. The van der Waals surface area contributed by atoms with Crippen LogP contribution in [0, 0.1) is 5.82 Å². The Bertz CT molecular complexity index is 1570. The summed E-state index contributed by atoms with van der Waals surface area (Å²) in [7, 11) is 0. The third-order valence-corrected chi connectivity index (χ3v) is 5.83. The van der Waals surface area contributed by atoms with Gasteiger partial charge in [0.2, 0.25) is 0 Å². The van der Waals surface area contributed by atoms with E-state index in [4.69, 9.17) is 9.84 Å². The molecule has 2 heterocycles. The van der Waals surface area contributed by atoms with Gasteiger partial charge in [0.1, 0.15) is 23.7 Å². The summed E-state index contributed by atoms with van der Waals surface area (Å²) in [6.07, 6.45) is 2.44. The van der Waals surface area contributed by atoms with E-state index in [1.165, 1.54) is 18.5 Å². The number of hydrogen-bond donors (Lipinski definition) is 3. The van der Waals surface area contributed by atoms with E-state index in [0.717, 1.165) is 22.2 Å². The molecular weight excluding hydrogens is 475 g/mol. The number of aromatic nitrogens is 4. The van der Waals surface area contributed by atoms with Gasteiger partial charge in [0.25, 0.3) is 5.91 Å². The number of hydrogen-bond acceptors (Lipinski definition) is 7. The number of ether oxygens (including phenoxy) is 1. The Balaban J connectivity index is 1.41. The minimum atomic E-state index is -0.787. The van der Waals surface area contributed by atoms with Crippen molar-refractivity contribution in [1.29, 1.82) is 0 Å². The molecule has 9 nitrogen and oxygen atoms in total. The van der Waals surface area contributed by atoms with Gasteiger partial charge in [0, 0.05) is 17.6 Å². The lowest BCUT2D eigenvalue weighted by atomic mass is 10.2. The van der Waals surface area contributed by atoms with Gasteiger partial charge in [0.05, 0.1) is 35.8 Å². The van der Waals surface area contributed by atoms with Crippen LogP contribution in [0.15, 0.2) is 73.2 Å². The summed E-state index contributed by atoms with van der Waals surface area (Å²) in [4.78, 5) is 21.0. The molecule has 0 aliphatic heterocycles. The molecule has 0 saturated carbocycles. The molecule has 5 rings (SSSR count). The molecule has 3 N–H and O–H groups in total. The molecule has 5 aromatic rings. The predicted molar refractivity (Wildman–Crippen MR) is 138 cm³/mol. The number of aliphatic hydroxyl groups excluding tert-OH is 1. The number of fused-ring (bicyclic) bond motifs is 2. The van der Waals surface area contributed by atoms with Gasteiger partial charge in [-0.1, -0.05) is 18.2 Å². The highest BCUT2D eigenvalue weighted by Crippen LogP contribution is 2.33. The highest BCUT2D eigenvalue weighted by Gasteiger charge is 2.18. The fourth-order valence-electron chi connectivity index (χ4n) is 4.07. The summed E-state index contributed by atoms with van der Waals surface area (Å²) in [5.74, 6) is 0.366. The topological polar surface area (TPSA) is 114 Å². The summed E-state index contributed by atoms with van der Waals surface area (Å²) in [5, 5.41) is 20.9. The van der Waals surface area contributed by atoms with Gasteiger partial charge >= 0.3 is 0 Å². The normalized spacial score (nSPS) is 12.0. The predicted octanol–water partition coefficient (Wildman–Crippen LogP) is 3.79. The standard InChI is InChI=1S/C27H25FN6O3/c1-17(27(36)29-10-11-35)37-24-7-3-6-22-25(24)26(31-16-30-22)33-21-8-9-23-19(13-21)14-32-34(23)15-18-4-2-5-20(28)12-18/h2-9,12-14,16-17,35H,10-11,15H2,1H3,(H,29,36)(H,30,31,33)/t17-/m1/s1. The number of aliphatic hydroxyl groups is 1. The first-order valence-electron chi connectivity index (χ1n) is 11.8. The van der Waals surface area contributed by atoms with Crippen LogP contribution in [-0.2, 0) is 11.3 Å². The fourth-order valence-corrected chi connectivity index (χ4v) is 4.07. The van der Waals surface area contributed by atoms with E-state index in [-0.39, 0.29) is 24.9 Å². The van der Waals surface area contributed by atoms with Gasteiger partial charge in [-0.15, -0.1) is 0 Å². The summed E-state index contributed by atoms with van der Waals surface area (Å²) in [6.45, 7) is 2.09. The smallest absolute Gasteiger partial charge is 0.260 e. The van der Waals surface area contributed by atoms with E-state index < -0.39 is 6.10 Å². The summed E-state index contributed by atoms with van der Waals surface area (Å²) < 4.78 is 21.4. The maximum atomic E-state index is 13.6. The van der Waals surface area contributed by atoms with Crippen LogP contribution < -0.4 is 15.4 Å². The first kappa shape index (κ1) is 24.1. The van der Waals surface area contributed by atoms with Crippen LogP contribution in [0.2, 0.25) is 0 Å². The van der Waals surface area contributed by atoms with Crippen LogP contribution >= 0.6 is 0 Å². The number of halogens is 1. The van der Waals surface area contributed by atoms with Crippen LogP contribution in [0.1, 0.15) is 12.5 Å². The Kier molecular flexibility index (Phi) is 6.91. The van der Waals surface area contributed by atoms with Gasteiger partial charge in [-0.2, -0.15) is 5.10 Å². The van der Waals surface area contributed by atoms with E-state index in [9.17, 15) is 9.18 Å². The second-order valence-electron chi connectivity index (χ2n) is 8.48. The third kappa shape index (κ3) is 5.34. The second kappa shape index (κ2) is 10.6. The quantitative estimate of drug-likeness (QED) is 0.282. The first-order chi connectivity index (χ1) is 18.0. The zero-order valence-electron chi connectivity index (χ0n) is 20.1. The van der Waals surface area contributed by atoms with Crippen molar-refractivity contribution in [2.45, 2.75) is 19.6 Å². The largest absolute Gasteiger partial charge is 0.480 e. The van der Waals surface area contributed by atoms with Gasteiger partial charge in [0.15, 0.2) is 6.10 Å². The molecule has 0 bridgehead atoms. The molecule has 0 radical (unpaired) electrons. The molecule has 0 aliphatic rings. The molecule has 0 unspecified atom stereocenters. The Hall–Kier alpha value is -4.57. The Morgan fingerprint density at radius 2 is 2.00 bits per heavy atom. The van der Waals surface area contributed by atoms with E-state index in [0.29, 0.717) is 29.0 Å². The molecule has 10 heteroatoms. The average Bonchev–Trinajstić information content (AvgIpc) is 3.29. The Morgan fingerprint density at radius 1 is 1.14 bits per heavy atom. The lowest BCUT2D eigenvalue weighted by Crippen LogP contribution is -2.37. The minimum Gasteiger partial charge on any atom is -0.480 e. The lowest BCUT2D eigenvalue weighted by Gasteiger charge is -2.17. The number of nitrogens with one attached hydrogen (secondary N) is 2. The van der Waals surface area contributed by atoms with Crippen LogP contribution in [0.5, 0.6) is 5.75 Å². The number of carbonyl (C=O) groups is 1. The first-order valence-corrected chi connectivity index (χ1v) is 11.8. The van der Waals surface area contributed by atoms with Crippen molar-refractivity contribution in [2.24, 2.45) is 0 Å². The number of rotatable bonds is 9. The Morgan fingerprint density at radius 3 is 2.84 bits per heavy atom. The molecule has 2 aromatic heterocycles. The molecular formula is C27H25FN6O3. The van der Waals surface area contributed by atoms with Crippen molar-refractivity contribution >= 4 is 39.2 Å². The fraction of sp³-hybridized carbons (Fsp3) is 0.185. The number of carbonyl (C=O) groups excluding carboxylic acids is 1. The summed E-state index contributed by atoms with van der Waals surface area (Å²) in [6, 6.07) is 17.7. The van der Waals surface area contributed by atoms with Crippen LogP contribution in [0.3, 0.4) is 0 Å². The minimum absolute atomic E-state index is 0.150. The average molecular weight is 501 g/mol. The van der Waals surface area contributed by atoms with E-state index >= 15 is 0 Å². The highest BCUT2D eigenvalue weighted by molar-refractivity contribution is 5.96. The number of nitrogens with zero attached hydrogens (tertiary/aromatic N) is 4. The third-order valence-electron chi connectivity index (χ3n) is 5.83. The lowest BCUT2D eigenvalue weighted by molar-refractivity contribution is -0.127. The van der Waals surface area contributed by atoms with Crippen LogP contribution in [0.4, 0.5) is 15.9 Å². The molecule has 0 aliphatic carbocycles. The molecule has 3 aromatic carbocycles. The molecule has 0 spiro atoms. The van der Waals surface area contributed by atoms with Gasteiger partial charge in [-0.3, -0.25) is 9.48 Å². The number of anilines is 2. The number of amides is 1. The zero-order valence-corrected chi connectivity index (χ0v) is 20.1. The highest BCUT2D eigenvalue weighted by atomic mass is 19.1. The van der Waals surface area contributed by atoms with E-state index in [1.807, 2.05) is 35.0 Å².